The summed E-state index contributed by atoms with van der Waals surface area (Å²) in [4.78, 5) is 6.32. The molecule has 1 aliphatic rings. The maximum Gasteiger partial charge on any atom is 0.246 e. The van der Waals surface area contributed by atoms with E-state index >= 15 is 0 Å². The number of nitrogens with zero attached hydrogens (tertiary/aromatic N) is 4. The predicted octanol–water partition coefficient (Wildman–Crippen LogP) is 3.89. The van der Waals surface area contributed by atoms with E-state index < -0.39 is 0 Å². The Morgan fingerprint density at radius 1 is 0.920 bits per heavy atom. The molecule has 1 N–H and O–H groups in total. The molecule has 0 amide bonds. The number of hydrogen-bond acceptors (Lipinski definition) is 4. The van der Waals surface area contributed by atoms with Crippen LogP contribution in [0.2, 0.25) is 0 Å². The van der Waals surface area contributed by atoms with Crippen LogP contribution in [0.1, 0.15) is 12.8 Å². The molecule has 7 heteroatoms. The van der Waals surface area contributed by atoms with Crippen LogP contribution in [0.25, 0.3) is 5.69 Å². The number of rotatable bonds is 4. The molecular formula is C18H17F2N5. The highest BCUT2D eigenvalue weighted by molar-refractivity contribution is 5.62. The van der Waals surface area contributed by atoms with Gasteiger partial charge in [0.05, 0.1) is 5.69 Å². The topological polar surface area (TPSA) is 46.0 Å². The summed E-state index contributed by atoms with van der Waals surface area (Å²) in [6.07, 6.45) is 3.73. The van der Waals surface area contributed by atoms with E-state index in [-0.39, 0.29) is 11.6 Å². The summed E-state index contributed by atoms with van der Waals surface area (Å²) in [5.41, 5.74) is 2.00. The van der Waals surface area contributed by atoms with Crippen LogP contribution >= 0.6 is 0 Å². The van der Waals surface area contributed by atoms with Gasteiger partial charge in [-0.15, -0.1) is 5.10 Å². The number of nitrogens with one attached hydrogen (secondary N) is 1. The van der Waals surface area contributed by atoms with Crippen molar-refractivity contribution in [3.63, 3.8) is 0 Å². The standard InChI is InChI=1S/C18H17F2N5/c19-13-4-3-5-16(9-13)25-12-21-18(23-25)22-15-8-14(20)10-17(11-15)24-6-1-2-7-24/h3-5,8-12H,1-2,6-7H2,(H,22,23). The molecule has 2 aromatic carbocycles. The Bertz CT molecular complexity index is 887. The van der Waals surface area contributed by atoms with Crippen molar-refractivity contribution >= 4 is 17.3 Å². The molecule has 1 aliphatic heterocycles. The maximum absolute atomic E-state index is 13.9. The molecular weight excluding hydrogens is 324 g/mol. The predicted molar refractivity (Wildman–Crippen MR) is 92.4 cm³/mol. The number of aromatic nitrogens is 3. The van der Waals surface area contributed by atoms with Gasteiger partial charge in [-0.2, -0.15) is 4.98 Å². The van der Waals surface area contributed by atoms with Gasteiger partial charge in [-0.05, 0) is 49.2 Å². The number of anilines is 3. The van der Waals surface area contributed by atoms with E-state index in [0.29, 0.717) is 17.3 Å². The molecule has 0 unspecified atom stereocenters. The molecule has 25 heavy (non-hydrogen) atoms. The molecule has 3 aromatic rings. The Labute approximate surface area is 143 Å². The van der Waals surface area contributed by atoms with Gasteiger partial charge in [0.2, 0.25) is 5.95 Å². The van der Waals surface area contributed by atoms with E-state index in [9.17, 15) is 8.78 Å². The first kappa shape index (κ1) is 15.6. The Hall–Kier alpha value is -2.96. The molecule has 1 aromatic heterocycles. The second-order valence-corrected chi connectivity index (χ2v) is 6.01. The lowest BCUT2D eigenvalue weighted by atomic mass is 10.2. The molecule has 1 fully saturated rings. The lowest BCUT2D eigenvalue weighted by Gasteiger charge is -2.18. The van der Waals surface area contributed by atoms with Crippen molar-refractivity contribution in [1.82, 2.24) is 14.8 Å². The van der Waals surface area contributed by atoms with Crippen LogP contribution in [0.15, 0.2) is 48.8 Å². The zero-order valence-electron chi connectivity index (χ0n) is 13.5. The Balaban J connectivity index is 1.56. The van der Waals surface area contributed by atoms with Crippen molar-refractivity contribution in [2.24, 2.45) is 0 Å². The summed E-state index contributed by atoms with van der Waals surface area (Å²) in [7, 11) is 0. The van der Waals surface area contributed by atoms with Crippen LogP contribution in [0, 0.1) is 11.6 Å². The summed E-state index contributed by atoms with van der Waals surface area (Å²) < 4.78 is 28.7. The summed E-state index contributed by atoms with van der Waals surface area (Å²) in [6, 6.07) is 10.9. The summed E-state index contributed by atoms with van der Waals surface area (Å²) >= 11 is 0. The third kappa shape index (κ3) is 3.45. The SMILES string of the molecule is Fc1cc(Nc2ncn(-c3cccc(F)c3)n2)cc(N2CCCC2)c1. The first-order chi connectivity index (χ1) is 12.2. The van der Waals surface area contributed by atoms with E-state index in [4.69, 9.17) is 0 Å². The van der Waals surface area contributed by atoms with E-state index in [1.807, 2.05) is 6.07 Å². The molecule has 5 nitrogen and oxygen atoms in total. The number of benzene rings is 2. The molecule has 0 spiro atoms. The van der Waals surface area contributed by atoms with Gasteiger partial charge in [0, 0.05) is 24.5 Å². The van der Waals surface area contributed by atoms with Gasteiger partial charge < -0.3 is 10.2 Å². The van der Waals surface area contributed by atoms with Crippen LogP contribution in [-0.4, -0.2) is 27.9 Å². The monoisotopic (exact) mass is 341 g/mol. The summed E-state index contributed by atoms with van der Waals surface area (Å²) in [5.74, 6) is -0.332. The van der Waals surface area contributed by atoms with Crippen LogP contribution in [0.4, 0.5) is 26.1 Å². The fourth-order valence-electron chi connectivity index (χ4n) is 3.00. The average Bonchev–Trinajstić information content (AvgIpc) is 3.26. The first-order valence-corrected chi connectivity index (χ1v) is 8.17. The van der Waals surface area contributed by atoms with E-state index in [2.05, 4.69) is 20.3 Å². The van der Waals surface area contributed by atoms with E-state index in [0.717, 1.165) is 31.6 Å². The van der Waals surface area contributed by atoms with Gasteiger partial charge in [-0.25, -0.2) is 13.5 Å². The zero-order chi connectivity index (χ0) is 17.2. The molecule has 0 aliphatic carbocycles. The van der Waals surface area contributed by atoms with Gasteiger partial charge in [0.25, 0.3) is 0 Å². The molecule has 0 saturated carbocycles. The normalized spacial score (nSPS) is 14.1. The fourth-order valence-corrected chi connectivity index (χ4v) is 3.00. The summed E-state index contributed by atoms with van der Waals surface area (Å²) in [5, 5.41) is 7.28. The van der Waals surface area contributed by atoms with Gasteiger partial charge in [-0.3, -0.25) is 0 Å². The highest BCUT2D eigenvalue weighted by Crippen LogP contribution is 2.26. The van der Waals surface area contributed by atoms with E-state index in [1.54, 1.807) is 12.1 Å². The molecule has 0 bridgehead atoms. The van der Waals surface area contributed by atoms with Crippen LogP contribution in [0.3, 0.4) is 0 Å². The first-order valence-electron chi connectivity index (χ1n) is 8.17. The molecule has 4 rings (SSSR count). The molecule has 2 heterocycles. The second-order valence-electron chi connectivity index (χ2n) is 6.01. The van der Waals surface area contributed by atoms with E-state index in [1.165, 1.54) is 35.3 Å². The maximum atomic E-state index is 13.9. The molecule has 0 radical (unpaired) electrons. The summed E-state index contributed by atoms with van der Waals surface area (Å²) in [6.45, 7) is 1.88. The minimum Gasteiger partial charge on any atom is -0.371 e. The third-order valence-corrected chi connectivity index (χ3v) is 4.17. The third-order valence-electron chi connectivity index (χ3n) is 4.17. The second kappa shape index (κ2) is 6.51. The minimum atomic E-state index is -0.345. The molecule has 0 atom stereocenters. The lowest BCUT2D eigenvalue weighted by Crippen LogP contribution is -2.17. The Morgan fingerprint density at radius 2 is 1.72 bits per heavy atom. The minimum absolute atomic E-state index is 0.309. The highest BCUT2D eigenvalue weighted by atomic mass is 19.1. The van der Waals surface area contributed by atoms with Crippen molar-refractivity contribution in [3.8, 4) is 5.69 Å². The Morgan fingerprint density at radius 3 is 2.52 bits per heavy atom. The van der Waals surface area contributed by atoms with Crippen molar-refractivity contribution in [1.29, 1.82) is 0 Å². The van der Waals surface area contributed by atoms with Crippen LogP contribution in [-0.2, 0) is 0 Å². The fraction of sp³-hybridized carbons (Fsp3) is 0.222. The van der Waals surface area contributed by atoms with Crippen molar-refractivity contribution < 1.29 is 8.78 Å². The highest BCUT2D eigenvalue weighted by Gasteiger charge is 2.14. The average molecular weight is 341 g/mol. The van der Waals surface area contributed by atoms with Gasteiger partial charge in [-0.1, -0.05) is 6.07 Å². The lowest BCUT2D eigenvalue weighted by molar-refractivity contribution is 0.625. The van der Waals surface area contributed by atoms with Crippen molar-refractivity contribution in [2.45, 2.75) is 12.8 Å². The zero-order valence-corrected chi connectivity index (χ0v) is 13.5. The van der Waals surface area contributed by atoms with Gasteiger partial charge in [0.1, 0.15) is 18.0 Å². The van der Waals surface area contributed by atoms with Crippen LogP contribution < -0.4 is 10.2 Å². The number of halogens is 2. The van der Waals surface area contributed by atoms with Crippen molar-refractivity contribution in [2.75, 3.05) is 23.3 Å². The van der Waals surface area contributed by atoms with Gasteiger partial charge >= 0.3 is 0 Å². The molecule has 1 saturated heterocycles. The number of hydrogen-bond donors (Lipinski definition) is 1. The van der Waals surface area contributed by atoms with Gasteiger partial charge in [0.15, 0.2) is 0 Å². The smallest absolute Gasteiger partial charge is 0.246 e. The largest absolute Gasteiger partial charge is 0.371 e. The van der Waals surface area contributed by atoms with Crippen molar-refractivity contribution in [3.05, 3.63) is 60.4 Å². The Kier molecular flexibility index (Phi) is 4.05. The quantitative estimate of drug-likeness (QED) is 0.782. The molecule has 128 valence electrons. The van der Waals surface area contributed by atoms with Crippen LogP contribution in [0.5, 0.6) is 0 Å².